The second kappa shape index (κ2) is 3.49. The summed E-state index contributed by atoms with van der Waals surface area (Å²) in [4.78, 5) is 11.3. The average Bonchev–Trinajstić information content (AvgIpc) is 2.50. The molecule has 0 amide bonds. The summed E-state index contributed by atoms with van der Waals surface area (Å²) in [5.74, 6) is -0.109. The van der Waals surface area contributed by atoms with Crippen LogP contribution in [-0.2, 0) is 6.54 Å². The number of carbonyl (C=O) groups is 1. The third kappa shape index (κ3) is 1.71. The summed E-state index contributed by atoms with van der Waals surface area (Å²) < 4.78 is 1.70. The molecule has 0 aromatic carbocycles. The maximum absolute atomic E-state index is 11.3. The first-order chi connectivity index (χ1) is 5.65. The van der Waals surface area contributed by atoms with E-state index >= 15 is 0 Å². The van der Waals surface area contributed by atoms with Crippen molar-refractivity contribution in [2.45, 2.75) is 26.4 Å². The van der Waals surface area contributed by atoms with Crippen LogP contribution in [-0.4, -0.2) is 21.6 Å². The molecule has 1 heterocycles. The molecular formula is C8H13N3O. The minimum atomic E-state index is -0.467. The van der Waals surface area contributed by atoms with E-state index in [0.717, 1.165) is 6.54 Å². The van der Waals surface area contributed by atoms with Crippen LogP contribution in [0.5, 0.6) is 0 Å². The summed E-state index contributed by atoms with van der Waals surface area (Å²) in [6.45, 7) is 4.40. The van der Waals surface area contributed by atoms with E-state index in [-0.39, 0.29) is 5.78 Å². The van der Waals surface area contributed by atoms with Gasteiger partial charge in [-0.3, -0.25) is 9.48 Å². The Morgan fingerprint density at radius 3 is 2.92 bits per heavy atom. The number of aryl methyl sites for hydroxylation is 1. The van der Waals surface area contributed by atoms with E-state index in [1.807, 2.05) is 6.92 Å². The van der Waals surface area contributed by atoms with Crippen molar-refractivity contribution in [2.75, 3.05) is 0 Å². The van der Waals surface area contributed by atoms with Crippen LogP contribution in [0.1, 0.15) is 24.3 Å². The average molecular weight is 167 g/mol. The number of ketones is 1. The molecular weight excluding hydrogens is 154 g/mol. The monoisotopic (exact) mass is 167 g/mol. The maximum Gasteiger partial charge on any atom is 0.199 e. The molecule has 0 saturated heterocycles. The van der Waals surface area contributed by atoms with Gasteiger partial charge < -0.3 is 5.73 Å². The van der Waals surface area contributed by atoms with Gasteiger partial charge >= 0.3 is 0 Å². The van der Waals surface area contributed by atoms with Gasteiger partial charge in [-0.05, 0) is 19.9 Å². The fraction of sp³-hybridized carbons (Fsp3) is 0.500. The van der Waals surface area contributed by atoms with Crippen molar-refractivity contribution in [3.63, 3.8) is 0 Å². The fourth-order valence-corrected chi connectivity index (χ4v) is 0.902. The largest absolute Gasteiger partial charge is 0.321 e. The number of rotatable bonds is 3. The van der Waals surface area contributed by atoms with Gasteiger partial charge in [-0.25, -0.2) is 0 Å². The molecule has 4 heteroatoms. The maximum atomic E-state index is 11.3. The van der Waals surface area contributed by atoms with Crippen LogP contribution in [0, 0.1) is 0 Å². The second-order valence-corrected chi connectivity index (χ2v) is 2.71. The molecule has 0 aliphatic carbocycles. The van der Waals surface area contributed by atoms with Crippen molar-refractivity contribution >= 4 is 5.78 Å². The molecule has 2 N–H and O–H groups in total. The topological polar surface area (TPSA) is 60.9 Å². The minimum absolute atomic E-state index is 0.109. The van der Waals surface area contributed by atoms with E-state index in [2.05, 4.69) is 5.10 Å². The van der Waals surface area contributed by atoms with Gasteiger partial charge in [0.2, 0.25) is 0 Å². The van der Waals surface area contributed by atoms with Crippen LogP contribution in [0.25, 0.3) is 0 Å². The summed E-state index contributed by atoms with van der Waals surface area (Å²) in [6.07, 6.45) is 1.77. The number of carbonyl (C=O) groups excluding carboxylic acids is 1. The Balaban J connectivity index is 2.82. The normalized spacial score (nSPS) is 12.9. The molecule has 66 valence electrons. The molecule has 1 atom stereocenters. The Bertz CT molecular complexity index is 278. The van der Waals surface area contributed by atoms with Crippen LogP contribution in [0.3, 0.4) is 0 Å². The lowest BCUT2D eigenvalue weighted by atomic mass is 10.2. The van der Waals surface area contributed by atoms with E-state index in [1.165, 1.54) is 0 Å². The second-order valence-electron chi connectivity index (χ2n) is 2.71. The Morgan fingerprint density at radius 2 is 2.50 bits per heavy atom. The summed E-state index contributed by atoms with van der Waals surface area (Å²) >= 11 is 0. The predicted octanol–water partition coefficient (Wildman–Crippen LogP) is 0.433. The highest BCUT2D eigenvalue weighted by atomic mass is 16.1. The first kappa shape index (κ1) is 8.93. The van der Waals surface area contributed by atoms with Gasteiger partial charge in [-0.1, -0.05) is 0 Å². The summed E-state index contributed by atoms with van der Waals surface area (Å²) in [5, 5.41) is 4.04. The molecule has 1 rings (SSSR count). The van der Waals surface area contributed by atoms with Gasteiger partial charge in [0, 0.05) is 12.7 Å². The van der Waals surface area contributed by atoms with Crippen LogP contribution in [0.15, 0.2) is 12.3 Å². The fourth-order valence-electron chi connectivity index (χ4n) is 0.902. The Labute approximate surface area is 71.4 Å². The van der Waals surface area contributed by atoms with Crippen molar-refractivity contribution in [2.24, 2.45) is 5.73 Å². The lowest BCUT2D eigenvalue weighted by Gasteiger charge is -1.99. The lowest BCUT2D eigenvalue weighted by Crippen LogP contribution is -2.27. The van der Waals surface area contributed by atoms with Crippen LogP contribution in [0.2, 0.25) is 0 Å². The molecule has 1 unspecified atom stereocenters. The lowest BCUT2D eigenvalue weighted by molar-refractivity contribution is 0.0962. The summed E-state index contributed by atoms with van der Waals surface area (Å²) in [7, 11) is 0. The van der Waals surface area contributed by atoms with Gasteiger partial charge in [0.05, 0.1) is 6.04 Å². The van der Waals surface area contributed by atoms with Crippen molar-refractivity contribution in [1.29, 1.82) is 0 Å². The molecule has 0 aliphatic rings. The van der Waals surface area contributed by atoms with Crippen molar-refractivity contribution in [3.05, 3.63) is 18.0 Å². The Morgan fingerprint density at radius 1 is 1.83 bits per heavy atom. The van der Waals surface area contributed by atoms with E-state index in [9.17, 15) is 4.79 Å². The SMILES string of the molecule is CCn1ccc(C(=O)C(C)N)n1. The third-order valence-corrected chi connectivity index (χ3v) is 1.63. The molecule has 0 fully saturated rings. The third-order valence-electron chi connectivity index (χ3n) is 1.63. The van der Waals surface area contributed by atoms with Crippen molar-refractivity contribution in [3.8, 4) is 0 Å². The highest BCUT2D eigenvalue weighted by Crippen LogP contribution is 1.99. The molecule has 0 spiro atoms. The zero-order chi connectivity index (χ0) is 9.14. The molecule has 0 radical (unpaired) electrons. The molecule has 4 nitrogen and oxygen atoms in total. The number of Topliss-reactive ketones (excluding diaryl/α,β-unsaturated/α-hetero) is 1. The first-order valence-corrected chi connectivity index (χ1v) is 3.98. The standard InChI is InChI=1S/C8H13N3O/c1-3-11-5-4-7(10-11)8(12)6(2)9/h4-6H,3,9H2,1-2H3. The Kier molecular flexibility index (Phi) is 2.60. The minimum Gasteiger partial charge on any atom is -0.321 e. The zero-order valence-corrected chi connectivity index (χ0v) is 7.32. The first-order valence-electron chi connectivity index (χ1n) is 3.98. The van der Waals surface area contributed by atoms with E-state index in [1.54, 1.807) is 23.9 Å². The van der Waals surface area contributed by atoms with Gasteiger partial charge in [-0.2, -0.15) is 5.10 Å². The van der Waals surface area contributed by atoms with Gasteiger partial charge in [0.15, 0.2) is 5.78 Å². The van der Waals surface area contributed by atoms with Gasteiger partial charge in [-0.15, -0.1) is 0 Å². The summed E-state index contributed by atoms with van der Waals surface area (Å²) in [5.41, 5.74) is 5.87. The van der Waals surface area contributed by atoms with Crippen LogP contribution in [0.4, 0.5) is 0 Å². The van der Waals surface area contributed by atoms with E-state index < -0.39 is 6.04 Å². The highest BCUT2D eigenvalue weighted by molar-refractivity contribution is 5.97. The number of nitrogens with zero attached hydrogens (tertiary/aromatic N) is 2. The molecule has 0 aliphatic heterocycles. The molecule has 0 saturated carbocycles. The van der Waals surface area contributed by atoms with Crippen LogP contribution >= 0.6 is 0 Å². The van der Waals surface area contributed by atoms with Crippen molar-refractivity contribution in [1.82, 2.24) is 9.78 Å². The number of hydrogen-bond acceptors (Lipinski definition) is 3. The highest BCUT2D eigenvalue weighted by Gasteiger charge is 2.12. The molecule has 0 bridgehead atoms. The quantitative estimate of drug-likeness (QED) is 0.664. The molecule has 12 heavy (non-hydrogen) atoms. The van der Waals surface area contributed by atoms with Crippen LogP contribution < -0.4 is 5.73 Å². The molecule has 1 aromatic heterocycles. The van der Waals surface area contributed by atoms with Crippen molar-refractivity contribution < 1.29 is 4.79 Å². The number of nitrogens with two attached hydrogens (primary N) is 1. The Hall–Kier alpha value is -1.16. The van der Waals surface area contributed by atoms with E-state index in [4.69, 9.17) is 5.73 Å². The summed E-state index contributed by atoms with van der Waals surface area (Å²) in [6, 6.07) is 1.22. The number of aromatic nitrogens is 2. The van der Waals surface area contributed by atoms with Gasteiger partial charge in [0.1, 0.15) is 5.69 Å². The smallest absolute Gasteiger partial charge is 0.199 e. The molecule has 1 aromatic rings. The van der Waals surface area contributed by atoms with E-state index in [0.29, 0.717) is 5.69 Å². The number of hydrogen-bond donors (Lipinski definition) is 1. The predicted molar refractivity (Wildman–Crippen MR) is 45.9 cm³/mol. The van der Waals surface area contributed by atoms with Gasteiger partial charge in [0.25, 0.3) is 0 Å². The zero-order valence-electron chi connectivity index (χ0n) is 7.32.